The number of hydrogen-bond acceptors (Lipinski definition) is 4. The lowest BCUT2D eigenvalue weighted by atomic mass is 10.1. The molecule has 0 bridgehead atoms. The van der Waals surface area contributed by atoms with Gasteiger partial charge in [0.2, 0.25) is 0 Å². The Bertz CT molecular complexity index is 1000. The van der Waals surface area contributed by atoms with Crippen LogP contribution in [0.2, 0.25) is 0 Å². The summed E-state index contributed by atoms with van der Waals surface area (Å²) in [7, 11) is 1.82. The molecule has 0 fully saturated rings. The Labute approximate surface area is 145 Å². The zero-order valence-electron chi connectivity index (χ0n) is 14.8. The number of rotatable bonds is 4. The Kier molecular flexibility index (Phi) is 4.39. The predicted octanol–water partition coefficient (Wildman–Crippen LogP) is 1.94. The summed E-state index contributed by atoms with van der Waals surface area (Å²) in [6.07, 6.45) is 0. The molecule has 0 spiro atoms. The monoisotopic (exact) mass is 339 g/mol. The molecule has 7 nitrogen and oxygen atoms in total. The number of H-pyrrole nitrogens is 1. The fraction of sp³-hybridized carbons (Fsp3) is 0.333. The summed E-state index contributed by atoms with van der Waals surface area (Å²) in [6, 6.07) is 7.16. The molecule has 0 radical (unpaired) electrons. The number of carbonyl (C=O) groups excluding carboxylic acids is 1. The standard InChI is InChI=1S/C18H21N5O2/c1-5-23(18(25)16-11(2)21-22(4)12(16)3)10-15-19-14-9-7-6-8-13(14)17(24)20-15/h6-9H,5,10H2,1-4H3,(H,19,20,24). The van der Waals surface area contributed by atoms with Crippen LogP contribution in [-0.2, 0) is 13.6 Å². The second-order valence-electron chi connectivity index (χ2n) is 6.02. The van der Waals surface area contributed by atoms with Gasteiger partial charge in [-0.1, -0.05) is 12.1 Å². The number of benzene rings is 1. The van der Waals surface area contributed by atoms with Gasteiger partial charge in [-0.25, -0.2) is 4.98 Å². The molecular formula is C18H21N5O2. The van der Waals surface area contributed by atoms with Crippen LogP contribution in [0.1, 0.15) is 34.5 Å². The van der Waals surface area contributed by atoms with Crippen molar-refractivity contribution in [3.8, 4) is 0 Å². The average Bonchev–Trinajstić information content (AvgIpc) is 2.84. The van der Waals surface area contributed by atoms with Crippen molar-refractivity contribution in [3.05, 3.63) is 57.4 Å². The maximum absolute atomic E-state index is 12.9. The van der Waals surface area contributed by atoms with Crippen molar-refractivity contribution in [3.63, 3.8) is 0 Å². The number of para-hydroxylation sites is 1. The first-order valence-electron chi connectivity index (χ1n) is 8.19. The number of hydrogen-bond donors (Lipinski definition) is 1. The largest absolute Gasteiger partial charge is 0.331 e. The lowest BCUT2D eigenvalue weighted by Gasteiger charge is -2.20. The van der Waals surface area contributed by atoms with Crippen molar-refractivity contribution >= 4 is 16.8 Å². The van der Waals surface area contributed by atoms with E-state index < -0.39 is 0 Å². The minimum Gasteiger partial charge on any atom is -0.331 e. The molecule has 2 aromatic heterocycles. The highest BCUT2D eigenvalue weighted by molar-refractivity contribution is 5.96. The lowest BCUT2D eigenvalue weighted by Crippen LogP contribution is -2.32. The maximum atomic E-state index is 12.9. The second kappa shape index (κ2) is 6.51. The van der Waals surface area contributed by atoms with E-state index in [2.05, 4.69) is 15.1 Å². The van der Waals surface area contributed by atoms with Gasteiger partial charge in [-0.05, 0) is 32.9 Å². The van der Waals surface area contributed by atoms with Crippen molar-refractivity contribution < 1.29 is 4.79 Å². The number of fused-ring (bicyclic) bond motifs is 1. The van der Waals surface area contributed by atoms with Crippen LogP contribution < -0.4 is 5.56 Å². The summed E-state index contributed by atoms with van der Waals surface area (Å²) >= 11 is 0. The van der Waals surface area contributed by atoms with Gasteiger partial charge in [0.15, 0.2) is 0 Å². The minimum atomic E-state index is -0.196. The highest BCUT2D eigenvalue weighted by Gasteiger charge is 2.23. The van der Waals surface area contributed by atoms with Gasteiger partial charge in [0.25, 0.3) is 11.5 Å². The molecule has 2 heterocycles. The van der Waals surface area contributed by atoms with Gasteiger partial charge in [-0.2, -0.15) is 5.10 Å². The first-order valence-corrected chi connectivity index (χ1v) is 8.19. The minimum absolute atomic E-state index is 0.110. The maximum Gasteiger partial charge on any atom is 0.258 e. The van der Waals surface area contributed by atoms with Crippen LogP contribution in [0.15, 0.2) is 29.1 Å². The Balaban J connectivity index is 1.95. The van der Waals surface area contributed by atoms with Crippen LogP contribution in [0.4, 0.5) is 0 Å². The highest BCUT2D eigenvalue weighted by Crippen LogP contribution is 2.16. The van der Waals surface area contributed by atoms with E-state index in [1.165, 1.54) is 0 Å². The molecule has 3 rings (SSSR count). The molecule has 130 valence electrons. The van der Waals surface area contributed by atoms with Crippen molar-refractivity contribution in [2.45, 2.75) is 27.3 Å². The third-order valence-corrected chi connectivity index (χ3v) is 4.39. The summed E-state index contributed by atoms with van der Waals surface area (Å²) < 4.78 is 1.70. The summed E-state index contributed by atoms with van der Waals surface area (Å²) in [5.74, 6) is 0.361. The van der Waals surface area contributed by atoms with Crippen molar-refractivity contribution in [2.75, 3.05) is 6.54 Å². The van der Waals surface area contributed by atoms with Gasteiger partial charge in [-0.15, -0.1) is 0 Å². The SMILES string of the molecule is CCN(Cc1nc2ccccc2c(=O)[nH]1)C(=O)c1c(C)nn(C)c1C. The quantitative estimate of drug-likeness (QED) is 0.787. The lowest BCUT2D eigenvalue weighted by molar-refractivity contribution is 0.0747. The van der Waals surface area contributed by atoms with Crippen LogP contribution in [0.3, 0.4) is 0 Å². The molecule has 0 aliphatic rings. The molecule has 3 aromatic rings. The number of nitrogens with zero attached hydrogens (tertiary/aromatic N) is 4. The van der Waals surface area contributed by atoms with Crippen LogP contribution in [0.5, 0.6) is 0 Å². The summed E-state index contributed by atoms with van der Waals surface area (Å²) in [5.41, 5.74) is 2.55. The number of carbonyl (C=O) groups is 1. The molecule has 1 amide bonds. The molecule has 1 aromatic carbocycles. The third kappa shape index (κ3) is 3.05. The fourth-order valence-electron chi connectivity index (χ4n) is 2.96. The smallest absolute Gasteiger partial charge is 0.258 e. The molecule has 0 saturated carbocycles. The van der Waals surface area contributed by atoms with Gasteiger partial charge in [-0.3, -0.25) is 14.3 Å². The Morgan fingerprint density at radius 1 is 1.28 bits per heavy atom. The average molecular weight is 339 g/mol. The Morgan fingerprint density at radius 3 is 2.64 bits per heavy atom. The van der Waals surface area contributed by atoms with Crippen LogP contribution in [0.25, 0.3) is 10.9 Å². The number of amides is 1. The third-order valence-electron chi connectivity index (χ3n) is 4.39. The molecular weight excluding hydrogens is 318 g/mol. The fourth-order valence-corrected chi connectivity index (χ4v) is 2.96. The number of nitrogens with one attached hydrogen (secondary N) is 1. The molecule has 0 saturated heterocycles. The van der Waals surface area contributed by atoms with E-state index >= 15 is 0 Å². The van der Waals surface area contributed by atoms with E-state index in [0.29, 0.717) is 34.5 Å². The van der Waals surface area contributed by atoms with Gasteiger partial charge in [0.1, 0.15) is 5.82 Å². The summed E-state index contributed by atoms with van der Waals surface area (Å²) in [5, 5.41) is 4.85. The number of aromatic nitrogens is 4. The van der Waals surface area contributed by atoms with Crippen molar-refractivity contribution in [1.29, 1.82) is 0 Å². The summed E-state index contributed by atoms with van der Waals surface area (Å²) in [6.45, 7) is 6.34. The van der Waals surface area contributed by atoms with E-state index in [1.54, 1.807) is 27.8 Å². The molecule has 7 heteroatoms. The topological polar surface area (TPSA) is 83.9 Å². The number of aromatic amines is 1. The number of aryl methyl sites for hydroxylation is 2. The van der Waals surface area contributed by atoms with Crippen molar-refractivity contribution in [1.82, 2.24) is 24.6 Å². The molecule has 25 heavy (non-hydrogen) atoms. The molecule has 1 N–H and O–H groups in total. The van der Waals surface area contributed by atoms with E-state index in [0.717, 1.165) is 5.69 Å². The molecule has 0 aliphatic carbocycles. The van der Waals surface area contributed by atoms with Crippen molar-refractivity contribution in [2.24, 2.45) is 7.05 Å². The zero-order chi connectivity index (χ0) is 18.1. The van der Waals surface area contributed by atoms with Gasteiger partial charge in [0.05, 0.1) is 28.7 Å². The molecule has 0 aliphatic heterocycles. The summed E-state index contributed by atoms with van der Waals surface area (Å²) in [4.78, 5) is 34.1. The van der Waals surface area contributed by atoms with E-state index in [4.69, 9.17) is 0 Å². The van der Waals surface area contributed by atoms with E-state index in [1.807, 2.05) is 33.9 Å². The Morgan fingerprint density at radius 2 is 2.00 bits per heavy atom. The van der Waals surface area contributed by atoms with Crippen LogP contribution in [-0.4, -0.2) is 37.1 Å². The van der Waals surface area contributed by atoms with Gasteiger partial charge < -0.3 is 9.88 Å². The predicted molar refractivity (Wildman–Crippen MR) is 95.5 cm³/mol. The zero-order valence-corrected chi connectivity index (χ0v) is 14.8. The second-order valence-corrected chi connectivity index (χ2v) is 6.02. The highest BCUT2D eigenvalue weighted by atomic mass is 16.2. The molecule has 0 atom stereocenters. The van der Waals surface area contributed by atoms with E-state index in [-0.39, 0.29) is 18.0 Å². The normalized spacial score (nSPS) is 11.0. The van der Waals surface area contributed by atoms with Gasteiger partial charge in [0, 0.05) is 19.3 Å². The first kappa shape index (κ1) is 16.9. The van der Waals surface area contributed by atoms with Crippen LogP contribution >= 0.6 is 0 Å². The van der Waals surface area contributed by atoms with E-state index in [9.17, 15) is 9.59 Å². The molecule has 0 unspecified atom stereocenters. The van der Waals surface area contributed by atoms with Gasteiger partial charge >= 0.3 is 0 Å². The van der Waals surface area contributed by atoms with Crippen LogP contribution in [0, 0.1) is 13.8 Å². The first-order chi connectivity index (χ1) is 11.9. The Hall–Kier alpha value is -2.96.